The number of aryl methyl sites for hydroxylation is 2. The van der Waals surface area contributed by atoms with Gasteiger partial charge in [-0.2, -0.15) is 0 Å². The Kier molecular flexibility index (Phi) is 3.91. The number of halogens is 2. The molecule has 0 radical (unpaired) electrons. The first-order valence-electron chi connectivity index (χ1n) is 8.83. The second-order valence-electron chi connectivity index (χ2n) is 6.74. The molecule has 3 nitrogen and oxygen atoms in total. The molecular formula is C21H17BrClN3. The topological polar surface area (TPSA) is 22.2 Å². The molecule has 5 rings (SSSR count). The molecule has 0 bridgehead atoms. The van der Waals surface area contributed by atoms with Gasteiger partial charge in [0.2, 0.25) is 0 Å². The molecule has 0 N–H and O–H groups in total. The summed E-state index contributed by atoms with van der Waals surface area (Å²) in [6.45, 7) is 1.00. The maximum atomic E-state index is 6.07. The Morgan fingerprint density at radius 2 is 1.85 bits per heavy atom. The van der Waals surface area contributed by atoms with Gasteiger partial charge in [0.25, 0.3) is 0 Å². The highest BCUT2D eigenvalue weighted by Gasteiger charge is 2.22. The average Bonchev–Trinajstić information content (AvgIpc) is 3.07. The van der Waals surface area contributed by atoms with Crippen LogP contribution in [0.3, 0.4) is 0 Å². The van der Waals surface area contributed by atoms with Gasteiger partial charge in [-0.25, -0.2) is 4.52 Å². The number of benzene rings is 2. The highest BCUT2D eigenvalue weighted by molar-refractivity contribution is 9.10. The van der Waals surface area contributed by atoms with E-state index in [2.05, 4.69) is 61.5 Å². The van der Waals surface area contributed by atoms with Crippen molar-refractivity contribution in [3.8, 4) is 22.5 Å². The predicted molar refractivity (Wildman–Crippen MR) is 110 cm³/mol. The highest BCUT2D eigenvalue weighted by Crippen LogP contribution is 2.35. The van der Waals surface area contributed by atoms with E-state index in [1.54, 1.807) is 0 Å². The Bertz CT molecular complexity index is 1110. The van der Waals surface area contributed by atoms with Crippen LogP contribution in [0.25, 0.3) is 28.2 Å². The molecule has 3 heterocycles. The fourth-order valence-electron chi connectivity index (χ4n) is 3.89. The maximum Gasteiger partial charge on any atom is 0.162 e. The lowest BCUT2D eigenvalue weighted by molar-refractivity contribution is 0.645. The lowest BCUT2D eigenvalue weighted by Gasteiger charge is -2.07. The lowest BCUT2D eigenvalue weighted by Crippen LogP contribution is -1.99. The standard InChI is InChI=1S/C21H17BrClN3/c22-16-5-3-4-15(12-16)20-24-26-13-19(14-7-9-17(23)10-8-14)18-6-1-2-11-25(20)21(18)26/h3-5,7-10,12-13H,1-2,6,11H2. The third-order valence-corrected chi connectivity index (χ3v) is 5.82. The van der Waals surface area contributed by atoms with Crippen LogP contribution in [-0.4, -0.2) is 14.2 Å². The number of hydrogen-bond acceptors (Lipinski definition) is 1. The van der Waals surface area contributed by atoms with E-state index in [1.807, 2.05) is 18.2 Å². The molecule has 26 heavy (non-hydrogen) atoms. The first-order valence-corrected chi connectivity index (χ1v) is 10.0. The Hall–Kier alpha value is -2.04. The average molecular weight is 427 g/mol. The quantitative estimate of drug-likeness (QED) is 0.373. The zero-order valence-electron chi connectivity index (χ0n) is 14.1. The first-order chi connectivity index (χ1) is 12.7. The van der Waals surface area contributed by atoms with Crippen LogP contribution in [0.15, 0.2) is 59.2 Å². The van der Waals surface area contributed by atoms with Gasteiger partial charge >= 0.3 is 0 Å². The number of rotatable bonds is 2. The van der Waals surface area contributed by atoms with Crippen LogP contribution in [0.5, 0.6) is 0 Å². The Labute approximate surface area is 165 Å². The van der Waals surface area contributed by atoms with E-state index < -0.39 is 0 Å². The van der Waals surface area contributed by atoms with E-state index in [0.717, 1.165) is 33.8 Å². The maximum absolute atomic E-state index is 6.07. The number of aromatic nitrogens is 3. The molecule has 0 spiro atoms. The van der Waals surface area contributed by atoms with E-state index >= 15 is 0 Å². The van der Waals surface area contributed by atoms with Crippen molar-refractivity contribution < 1.29 is 0 Å². The highest BCUT2D eigenvalue weighted by atomic mass is 79.9. The molecule has 0 aliphatic carbocycles. The van der Waals surface area contributed by atoms with E-state index in [1.165, 1.54) is 35.2 Å². The fourth-order valence-corrected chi connectivity index (χ4v) is 4.41. The summed E-state index contributed by atoms with van der Waals surface area (Å²) in [5, 5.41) is 5.70. The van der Waals surface area contributed by atoms with Crippen molar-refractivity contribution in [3.63, 3.8) is 0 Å². The van der Waals surface area contributed by atoms with Gasteiger partial charge in [-0.1, -0.05) is 51.8 Å². The van der Waals surface area contributed by atoms with Gasteiger partial charge in [0.15, 0.2) is 5.82 Å². The second-order valence-corrected chi connectivity index (χ2v) is 8.09. The van der Waals surface area contributed by atoms with E-state index in [9.17, 15) is 0 Å². The predicted octanol–water partition coefficient (Wildman–Crippen LogP) is 6.22. The molecule has 0 saturated carbocycles. The molecule has 0 atom stereocenters. The van der Waals surface area contributed by atoms with Gasteiger partial charge in [-0.3, -0.25) is 0 Å². The molecule has 0 fully saturated rings. The number of nitrogens with zero attached hydrogens (tertiary/aromatic N) is 3. The second kappa shape index (κ2) is 6.29. The molecule has 1 aliphatic rings. The fraction of sp³-hybridized carbons (Fsp3) is 0.190. The SMILES string of the molecule is Clc1ccc(-c2cn3nc(-c4cccc(Br)c4)n4c3c2CCCC4)cc1. The third-order valence-electron chi connectivity index (χ3n) is 5.07. The van der Waals surface area contributed by atoms with Crippen molar-refractivity contribution in [2.75, 3.05) is 0 Å². The van der Waals surface area contributed by atoms with Gasteiger partial charge in [-0.05, 0) is 49.1 Å². The van der Waals surface area contributed by atoms with Crippen molar-refractivity contribution in [1.82, 2.24) is 14.2 Å². The van der Waals surface area contributed by atoms with Crippen LogP contribution in [0, 0.1) is 0 Å². The summed E-state index contributed by atoms with van der Waals surface area (Å²) < 4.78 is 5.51. The van der Waals surface area contributed by atoms with Crippen molar-refractivity contribution >= 4 is 33.2 Å². The Morgan fingerprint density at radius 3 is 2.65 bits per heavy atom. The largest absolute Gasteiger partial charge is 0.309 e. The minimum Gasteiger partial charge on any atom is -0.309 e. The summed E-state index contributed by atoms with van der Waals surface area (Å²) in [7, 11) is 0. The first kappa shape index (κ1) is 16.2. The minimum atomic E-state index is 0.767. The van der Waals surface area contributed by atoms with Gasteiger partial charge < -0.3 is 4.57 Å². The van der Waals surface area contributed by atoms with Crippen LogP contribution in [0.2, 0.25) is 5.02 Å². The van der Waals surface area contributed by atoms with Crippen LogP contribution in [0.1, 0.15) is 18.4 Å². The van der Waals surface area contributed by atoms with Crippen LogP contribution in [0.4, 0.5) is 0 Å². The monoisotopic (exact) mass is 425 g/mol. The summed E-state index contributed by atoms with van der Waals surface area (Å²) >= 11 is 9.65. The lowest BCUT2D eigenvalue weighted by atomic mass is 10.0. The summed E-state index contributed by atoms with van der Waals surface area (Å²) in [4.78, 5) is 0. The van der Waals surface area contributed by atoms with Crippen LogP contribution >= 0.6 is 27.5 Å². The molecule has 1 aliphatic heterocycles. The summed E-state index contributed by atoms with van der Waals surface area (Å²) in [6, 6.07) is 16.5. The van der Waals surface area contributed by atoms with Gasteiger partial charge in [0, 0.05) is 38.9 Å². The molecule has 130 valence electrons. The Balaban J connectivity index is 1.74. The van der Waals surface area contributed by atoms with Gasteiger partial charge in [-0.15, -0.1) is 5.10 Å². The molecule has 0 saturated heterocycles. The summed E-state index contributed by atoms with van der Waals surface area (Å²) in [5.74, 6) is 1.03. The molecule has 2 aromatic heterocycles. The molecule has 4 aromatic rings. The molecular weight excluding hydrogens is 410 g/mol. The van der Waals surface area contributed by atoms with Crippen LogP contribution in [-0.2, 0) is 13.0 Å². The van der Waals surface area contributed by atoms with E-state index in [4.69, 9.17) is 16.7 Å². The third kappa shape index (κ3) is 2.60. The van der Waals surface area contributed by atoms with Crippen LogP contribution < -0.4 is 0 Å². The van der Waals surface area contributed by atoms with Gasteiger partial charge in [0.05, 0.1) is 0 Å². The molecule has 0 unspecified atom stereocenters. The Morgan fingerprint density at radius 1 is 1.00 bits per heavy atom. The smallest absolute Gasteiger partial charge is 0.162 e. The van der Waals surface area contributed by atoms with Gasteiger partial charge in [0.1, 0.15) is 5.65 Å². The van der Waals surface area contributed by atoms with Crippen molar-refractivity contribution in [2.45, 2.75) is 25.8 Å². The van der Waals surface area contributed by atoms with Crippen molar-refractivity contribution in [1.29, 1.82) is 0 Å². The molecule has 0 amide bonds. The zero-order valence-corrected chi connectivity index (χ0v) is 16.5. The zero-order chi connectivity index (χ0) is 17.7. The summed E-state index contributed by atoms with van der Waals surface area (Å²) in [5.41, 5.74) is 6.22. The summed E-state index contributed by atoms with van der Waals surface area (Å²) in [6.07, 6.45) is 5.61. The van der Waals surface area contributed by atoms with E-state index in [0.29, 0.717) is 0 Å². The molecule has 5 heteroatoms. The van der Waals surface area contributed by atoms with E-state index in [-0.39, 0.29) is 0 Å². The number of hydrogen-bond donors (Lipinski definition) is 0. The van der Waals surface area contributed by atoms with Crippen molar-refractivity contribution in [3.05, 3.63) is 69.8 Å². The minimum absolute atomic E-state index is 0.767. The van der Waals surface area contributed by atoms with Crippen molar-refractivity contribution in [2.24, 2.45) is 0 Å². The normalized spacial score (nSPS) is 13.9. The molecule has 2 aromatic carbocycles.